The minimum atomic E-state index is -1.02. The van der Waals surface area contributed by atoms with Gasteiger partial charge in [-0.3, -0.25) is 19.7 Å². The van der Waals surface area contributed by atoms with Crippen molar-refractivity contribution in [1.29, 1.82) is 0 Å². The van der Waals surface area contributed by atoms with Crippen LogP contribution in [0.3, 0.4) is 0 Å². The van der Waals surface area contributed by atoms with Crippen molar-refractivity contribution in [2.75, 3.05) is 13.6 Å². The molecule has 0 saturated carbocycles. The van der Waals surface area contributed by atoms with Gasteiger partial charge in [-0.15, -0.1) is 0 Å². The highest BCUT2D eigenvalue weighted by atomic mass is 79.9. The normalized spacial score (nSPS) is 10.0. The van der Waals surface area contributed by atoms with Gasteiger partial charge in [-0.2, -0.15) is 0 Å². The van der Waals surface area contributed by atoms with Crippen molar-refractivity contribution < 1.29 is 19.6 Å². The van der Waals surface area contributed by atoms with E-state index in [1.54, 1.807) is 0 Å². The van der Waals surface area contributed by atoms with E-state index in [0.717, 1.165) is 0 Å². The van der Waals surface area contributed by atoms with Crippen LogP contribution >= 0.6 is 15.9 Å². The van der Waals surface area contributed by atoms with Crippen LogP contribution in [0.4, 0.5) is 5.69 Å². The van der Waals surface area contributed by atoms with Crippen molar-refractivity contribution in [3.05, 3.63) is 38.3 Å². The molecule has 1 aromatic rings. The van der Waals surface area contributed by atoms with Crippen molar-refractivity contribution in [2.45, 2.75) is 6.42 Å². The predicted octanol–water partition coefficient (Wildman–Crippen LogP) is 1.90. The molecule has 0 aliphatic rings. The van der Waals surface area contributed by atoms with Gasteiger partial charge in [0, 0.05) is 19.7 Å². The fraction of sp³-hybridized carbons (Fsp3) is 0.273. The van der Waals surface area contributed by atoms with E-state index in [2.05, 4.69) is 15.9 Å². The molecule has 7 nitrogen and oxygen atoms in total. The van der Waals surface area contributed by atoms with Crippen LogP contribution in [0.15, 0.2) is 22.7 Å². The highest BCUT2D eigenvalue weighted by Gasteiger charge is 2.21. The summed E-state index contributed by atoms with van der Waals surface area (Å²) in [6, 6.07) is 4.12. The zero-order valence-corrected chi connectivity index (χ0v) is 11.6. The molecule has 0 saturated heterocycles. The lowest BCUT2D eigenvalue weighted by atomic mass is 10.1. The number of carboxylic acids is 1. The zero-order chi connectivity index (χ0) is 14.6. The van der Waals surface area contributed by atoms with Crippen molar-refractivity contribution in [2.24, 2.45) is 0 Å². The second-order valence-corrected chi connectivity index (χ2v) is 4.56. The second-order valence-electron chi connectivity index (χ2n) is 3.77. The SMILES string of the molecule is CN(CCC(=O)O)C(=O)c1cccc([N+](=O)[O-])c1Br. The lowest BCUT2D eigenvalue weighted by Gasteiger charge is -2.16. The Balaban J connectivity index is 2.97. The number of benzene rings is 1. The van der Waals surface area contributed by atoms with E-state index in [9.17, 15) is 19.7 Å². The van der Waals surface area contributed by atoms with Gasteiger partial charge in [-0.25, -0.2) is 0 Å². The molecule has 102 valence electrons. The van der Waals surface area contributed by atoms with E-state index < -0.39 is 16.8 Å². The van der Waals surface area contributed by atoms with Gasteiger partial charge in [0.05, 0.1) is 16.9 Å². The van der Waals surface area contributed by atoms with Crippen LogP contribution in [-0.4, -0.2) is 40.4 Å². The number of halogens is 1. The minimum absolute atomic E-state index is 0.0311. The summed E-state index contributed by atoms with van der Waals surface area (Å²) in [6.07, 6.45) is -0.186. The van der Waals surface area contributed by atoms with Crippen LogP contribution < -0.4 is 0 Å². The fourth-order valence-electron chi connectivity index (χ4n) is 1.40. The number of hydrogen-bond acceptors (Lipinski definition) is 4. The molecular weight excluding hydrogens is 320 g/mol. The third kappa shape index (κ3) is 3.75. The molecule has 0 radical (unpaired) electrons. The molecule has 0 heterocycles. The number of nitrogens with zero attached hydrogens (tertiary/aromatic N) is 2. The van der Waals surface area contributed by atoms with Crippen LogP contribution in [-0.2, 0) is 4.79 Å². The quantitative estimate of drug-likeness (QED) is 0.656. The maximum absolute atomic E-state index is 12.0. The van der Waals surface area contributed by atoms with Crippen molar-refractivity contribution >= 4 is 33.5 Å². The average Bonchev–Trinajstić information content (AvgIpc) is 2.34. The van der Waals surface area contributed by atoms with Gasteiger partial charge in [-0.05, 0) is 22.0 Å². The highest BCUT2D eigenvalue weighted by Crippen LogP contribution is 2.28. The zero-order valence-electron chi connectivity index (χ0n) is 10.00. The number of carbonyl (C=O) groups is 2. The van der Waals surface area contributed by atoms with E-state index in [-0.39, 0.29) is 28.7 Å². The first kappa shape index (κ1) is 15.1. The standard InChI is InChI=1S/C11H11BrN2O5/c1-13(6-5-9(15)16)11(17)7-3-2-4-8(10(7)12)14(18)19/h2-4H,5-6H2,1H3,(H,15,16). The van der Waals surface area contributed by atoms with E-state index >= 15 is 0 Å². The molecule has 0 spiro atoms. The number of carboxylic acid groups (broad SMARTS) is 1. The number of aliphatic carboxylic acids is 1. The number of amides is 1. The number of rotatable bonds is 5. The molecule has 0 aromatic heterocycles. The van der Waals surface area contributed by atoms with Crippen LogP contribution in [0.25, 0.3) is 0 Å². The summed E-state index contributed by atoms with van der Waals surface area (Å²) in [4.78, 5) is 33.8. The summed E-state index contributed by atoms with van der Waals surface area (Å²) in [5.74, 6) is -1.49. The Bertz CT molecular complexity index is 532. The van der Waals surface area contributed by atoms with Crippen LogP contribution in [0.2, 0.25) is 0 Å². The molecule has 1 N–H and O–H groups in total. The number of nitro groups is 1. The maximum atomic E-state index is 12.0. The van der Waals surface area contributed by atoms with Crippen LogP contribution in [0, 0.1) is 10.1 Å². The Morgan fingerprint density at radius 2 is 2.11 bits per heavy atom. The first-order chi connectivity index (χ1) is 8.84. The number of carbonyl (C=O) groups excluding carboxylic acids is 1. The first-order valence-corrected chi connectivity index (χ1v) is 6.04. The molecule has 0 aliphatic heterocycles. The topological polar surface area (TPSA) is 101 Å². The summed E-state index contributed by atoms with van der Waals surface area (Å²) < 4.78 is 0.0900. The monoisotopic (exact) mass is 330 g/mol. The van der Waals surface area contributed by atoms with Crippen LogP contribution in [0.1, 0.15) is 16.8 Å². The Morgan fingerprint density at radius 1 is 1.47 bits per heavy atom. The maximum Gasteiger partial charge on any atom is 0.305 e. The summed E-state index contributed by atoms with van der Waals surface area (Å²) >= 11 is 3.03. The molecular formula is C11H11BrN2O5. The molecule has 19 heavy (non-hydrogen) atoms. The van der Waals surface area contributed by atoms with E-state index in [0.29, 0.717) is 0 Å². The largest absolute Gasteiger partial charge is 0.481 e. The Labute approximate surface area is 117 Å². The van der Waals surface area contributed by atoms with E-state index in [4.69, 9.17) is 5.11 Å². The summed E-state index contributed by atoms with van der Waals surface area (Å²) in [6.45, 7) is 0.0311. The number of nitro benzene ring substituents is 1. The Morgan fingerprint density at radius 3 is 2.63 bits per heavy atom. The van der Waals surface area contributed by atoms with Gasteiger partial charge in [0.15, 0.2) is 0 Å². The second kappa shape index (κ2) is 6.28. The first-order valence-electron chi connectivity index (χ1n) is 5.24. The molecule has 0 aliphatic carbocycles. The van der Waals surface area contributed by atoms with Gasteiger partial charge in [0.1, 0.15) is 4.47 Å². The fourth-order valence-corrected chi connectivity index (χ4v) is 1.98. The van der Waals surface area contributed by atoms with Crippen molar-refractivity contribution in [1.82, 2.24) is 4.90 Å². The Hall–Kier alpha value is -1.96. The van der Waals surface area contributed by atoms with Gasteiger partial charge in [0.25, 0.3) is 11.6 Å². The molecule has 1 rings (SSSR count). The number of hydrogen-bond donors (Lipinski definition) is 1. The lowest BCUT2D eigenvalue weighted by molar-refractivity contribution is -0.385. The van der Waals surface area contributed by atoms with Gasteiger partial charge in [0.2, 0.25) is 0 Å². The van der Waals surface area contributed by atoms with Gasteiger partial charge < -0.3 is 10.0 Å². The summed E-state index contributed by atoms with van der Waals surface area (Å²) in [5, 5.41) is 19.3. The molecule has 8 heteroatoms. The molecule has 0 fully saturated rings. The van der Waals surface area contributed by atoms with Crippen LogP contribution in [0.5, 0.6) is 0 Å². The van der Waals surface area contributed by atoms with Gasteiger partial charge in [-0.1, -0.05) is 6.07 Å². The minimum Gasteiger partial charge on any atom is -0.481 e. The molecule has 0 atom stereocenters. The van der Waals surface area contributed by atoms with Crippen molar-refractivity contribution in [3.8, 4) is 0 Å². The highest BCUT2D eigenvalue weighted by molar-refractivity contribution is 9.10. The molecule has 0 unspecified atom stereocenters. The smallest absolute Gasteiger partial charge is 0.305 e. The Kier molecular flexibility index (Phi) is 4.99. The van der Waals surface area contributed by atoms with E-state index in [1.165, 1.54) is 30.1 Å². The van der Waals surface area contributed by atoms with Crippen molar-refractivity contribution in [3.63, 3.8) is 0 Å². The van der Waals surface area contributed by atoms with Gasteiger partial charge >= 0.3 is 5.97 Å². The lowest BCUT2D eigenvalue weighted by Crippen LogP contribution is -2.29. The third-order valence-electron chi connectivity index (χ3n) is 2.41. The molecule has 1 amide bonds. The molecule has 1 aromatic carbocycles. The third-order valence-corrected chi connectivity index (χ3v) is 3.25. The van der Waals surface area contributed by atoms with E-state index in [1.807, 2.05) is 0 Å². The predicted molar refractivity (Wildman–Crippen MR) is 70.0 cm³/mol. The summed E-state index contributed by atoms with van der Waals surface area (Å²) in [5.41, 5.74) is -0.0837. The average molecular weight is 331 g/mol. The molecule has 0 bridgehead atoms. The summed E-state index contributed by atoms with van der Waals surface area (Å²) in [7, 11) is 1.44.